The van der Waals surface area contributed by atoms with Crippen LogP contribution in [0.1, 0.15) is 6.42 Å². The number of esters is 2. The number of ketones is 1. The monoisotopic (exact) mass is 174 g/mol. The van der Waals surface area contributed by atoms with Crippen molar-refractivity contribution in [2.75, 3.05) is 5.75 Å². The fraction of sp³-hybridized carbons (Fsp3) is 0.500. The Morgan fingerprint density at radius 1 is 1.64 bits per heavy atom. The van der Waals surface area contributed by atoms with Crippen LogP contribution in [0.25, 0.3) is 0 Å². The van der Waals surface area contributed by atoms with Crippen molar-refractivity contribution in [3.63, 3.8) is 0 Å². The van der Waals surface area contributed by atoms with Crippen molar-refractivity contribution in [2.24, 2.45) is 5.92 Å². The Bertz CT molecular complexity index is 223. The van der Waals surface area contributed by atoms with Crippen LogP contribution in [0.3, 0.4) is 0 Å². The first-order chi connectivity index (χ1) is 5.15. The number of hydrogen-bond acceptors (Lipinski definition) is 5. The van der Waals surface area contributed by atoms with Gasteiger partial charge >= 0.3 is 11.9 Å². The largest absolute Gasteiger partial charge is 0.393 e. The molecular formula is C6H6O4S. The number of carbonyl (C=O) groups is 3. The third-order valence-electron chi connectivity index (χ3n) is 1.41. The third-order valence-corrected chi connectivity index (χ3v) is 1.73. The highest BCUT2D eigenvalue weighted by atomic mass is 32.1. The van der Waals surface area contributed by atoms with E-state index in [1.165, 1.54) is 0 Å². The summed E-state index contributed by atoms with van der Waals surface area (Å²) in [6.45, 7) is 0. The van der Waals surface area contributed by atoms with Gasteiger partial charge in [-0.15, -0.1) is 0 Å². The summed E-state index contributed by atoms with van der Waals surface area (Å²) in [5, 5.41) is 0. The smallest absolute Gasteiger partial charge is 0.324 e. The molecule has 1 unspecified atom stereocenters. The topological polar surface area (TPSA) is 60.4 Å². The zero-order chi connectivity index (χ0) is 8.43. The summed E-state index contributed by atoms with van der Waals surface area (Å²) in [5.74, 6) is -2.67. The molecule has 0 amide bonds. The lowest BCUT2D eigenvalue weighted by molar-refractivity contribution is -0.153. The maximum atomic E-state index is 10.8. The third kappa shape index (κ3) is 1.59. The summed E-state index contributed by atoms with van der Waals surface area (Å²) in [4.78, 5) is 32.0. The second kappa shape index (κ2) is 3.04. The molecule has 4 nitrogen and oxygen atoms in total. The summed E-state index contributed by atoms with van der Waals surface area (Å²) in [6.07, 6.45) is -0.127. The molecule has 1 aliphatic heterocycles. The van der Waals surface area contributed by atoms with E-state index in [4.69, 9.17) is 0 Å². The van der Waals surface area contributed by atoms with Crippen LogP contribution in [-0.2, 0) is 19.1 Å². The molecule has 5 heteroatoms. The van der Waals surface area contributed by atoms with E-state index in [2.05, 4.69) is 17.4 Å². The molecule has 0 N–H and O–H groups in total. The molecule has 1 saturated heterocycles. The molecule has 60 valence electrons. The quantitative estimate of drug-likeness (QED) is 0.351. The van der Waals surface area contributed by atoms with E-state index < -0.39 is 17.9 Å². The number of cyclic esters (lactones) is 2. The van der Waals surface area contributed by atoms with Crippen LogP contribution in [0.4, 0.5) is 0 Å². The van der Waals surface area contributed by atoms with Crippen LogP contribution in [-0.4, -0.2) is 23.5 Å². The maximum Gasteiger partial charge on any atom is 0.324 e. The number of rotatable bonds is 2. The van der Waals surface area contributed by atoms with Gasteiger partial charge in [0, 0.05) is 0 Å². The Morgan fingerprint density at radius 3 is 2.64 bits per heavy atom. The van der Waals surface area contributed by atoms with Crippen LogP contribution in [0.2, 0.25) is 0 Å². The highest BCUT2D eigenvalue weighted by Crippen LogP contribution is 2.16. The summed E-state index contributed by atoms with van der Waals surface area (Å²) < 4.78 is 4.16. The fourth-order valence-corrected chi connectivity index (χ4v) is 1.05. The van der Waals surface area contributed by atoms with Crippen LogP contribution < -0.4 is 0 Å². The van der Waals surface area contributed by atoms with E-state index in [0.29, 0.717) is 0 Å². The molecule has 0 aliphatic carbocycles. The first kappa shape index (κ1) is 8.26. The number of Topliss-reactive ketones (excluding diaryl/α,β-unsaturated/α-hetero) is 1. The van der Waals surface area contributed by atoms with Crippen molar-refractivity contribution in [2.45, 2.75) is 6.42 Å². The van der Waals surface area contributed by atoms with Crippen molar-refractivity contribution in [1.82, 2.24) is 0 Å². The summed E-state index contributed by atoms with van der Waals surface area (Å²) in [5.41, 5.74) is 0. The van der Waals surface area contributed by atoms with Gasteiger partial charge in [-0.1, -0.05) is 0 Å². The molecule has 1 atom stereocenters. The van der Waals surface area contributed by atoms with Crippen molar-refractivity contribution < 1.29 is 19.1 Å². The first-order valence-corrected chi connectivity index (χ1v) is 3.66. The molecule has 1 fully saturated rings. The highest BCUT2D eigenvalue weighted by molar-refractivity contribution is 7.81. The molecular weight excluding hydrogens is 168 g/mol. The number of carbonyl (C=O) groups excluding carboxylic acids is 3. The van der Waals surface area contributed by atoms with E-state index in [1.807, 2.05) is 0 Å². The van der Waals surface area contributed by atoms with Gasteiger partial charge in [-0.05, 0) is 0 Å². The molecule has 0 saturated carbocycles. The predicted molar refractivity (Wildman–Crippen MR) is 38.1 cm³/mol. The molecule has 0 aromatic heterocycles. The zero-order valence-electron chi connectivity index (χ0n) is 5.57. The van der Waals surface area contributed by atoms with Crippen molar-refractivity contribution in [1.29, 1.82) is 0 Å². The Kier molecular flexibility index (Phi) is 2.28. The molecule has 0 radical (unpaired) electrons. The SMILES string of the molecule is O=C1CC(C(=O)CS)C(=O)O1. The van der Waals surface area contributed by atoms with Crippen LogP contribution in [0.5, 0.6) is 0 Å². The van der Waals surface area contributed by atoms with Gasteiger partial charge in [-0.2, -0.15) is 12.6 Å². The lowest BCUT2D eigenvalue weighted by Gasteiger charge is -1.97. The molecule has 11 heavy (non-hydrogen) atoms. The summed E-state index contributed by atoms with van der Waals surface area (Å²) in [6, 6.07) is 0. The Labute approximate surface area is 68.3 Å². The molecule has 1 rings (SSSR count). The molecule has 0 aromatic carbocycles. The van der Waals surface area contributed by atoms with Gasteiger partial charge in [-0.25, -0.2) is 0 Å². The molecule has 0 spiro atoms. The first-order valence-electron chi connectivity index (χ1n) is 3.03. The van der Waals surface area contributed by atoms with Crippen molar-refractivity contribution in [3.8, 4) is 0 Å². The van der Waals surface area contributed by atoms with E-state index >= 15 is 0 Å². The average Bonchev–Trinajstić information content (AvgIpc) is 2.28. The minimum atomic E-state index is -0.903. The van der Waals surface area contributed by atoms with Crippen LogP contribution >= 0.6 is 12.6 Å². The minimum Gasteiger partial charge on any atom is -0.393 e. The highest BCUT2D eigenvalue weighted by Gasteiger charge is 2.37. The summed E-state index contributed by atoms with van der Waals surface area (Å²) >= 11 is 3.69. The predicted octanol–water partition coefficient (Wildman–Crippen LogP) is -0.425. The molecule has 0 bridgehead atoms. The lowest BCUT2D eigenvalue weighted by Crippen LogP contribution is -2.20. The average molecular weight is 174 g/mol. The van der Waals surface area contributed by atoms with E-state index in [1.54, 1.807) is 0 Å². The maximum absolute atomic E-state index is 10.8. The lowest BCUT2D eigenvalue weighted by atomic mass is 10.0. The van der Waals surface area contributed by atoms with Crippen LogP contribution in [0, 0.1) is 5.92 Å². The Balaban J connectivity index is 2.67. The number of thiol groups is 1. The van der Waals surface area contributed by atoms with Gasteiger partial charge < -0.3 is 4.74 Å². The van der Waals surface area contributed by atoms with Crippen molar-refractivity contribution in [3.05, 3.63) is 0 Å². The second-order valence-corrected chi connectivity index (χ2v) is 2.49. The van der Waals surface area contributed by atoms with Crippen LogP contribution in [0.15, 0.2) is 0 Å². The molecule has 1 aliphatic rings. The van der Waals surface area contributed by atoms with E-state index in [-0.39, 0.29) is 18.0 Å². The van der Waals surface area contributed by atoms with Crippen molar-refractivity contribution >= 4 is 30.4 Å². The Hall–Kier alpha value is -0.840. The molecule has 0 aromatic rings. The minimum absolute atomic E-state index is 0.0347. The standard InChI is InChI=1S/C6H6O4S/c7-4(2-11)3-1-5(8)10-6(3)9/h3,11H,1-2H2. The van der Waals surface area contributed by atoms with Gasteiger partial charge in [0.1, 0.15) is 5.92 Å². The van der Waals surface area contributed by atoms with E-state index in [9.17, 15) is 14.4 Å². The summed E-state index contributed by atoms with van der Waals surface area (Å²) in [7, 11) is 0. The van der Waals surface area contributed by atoms with Gasteiger partial charge in [0.2, 0.25) is 0 Å². The van der Waals surface area contributed by atoms with Gasteiger partial charge in [0.25, 0.3) is 0 Å². The van der Waals surface area contributed by atoms with Gasteiger partial charge in [-0.3, -0.25) is 14.4 Å². The number of hydrogen-bond donors (Lipinski definition) is 1. The Morgan fingerprint density at radius 2 is 2.27 bits per heavy atom. The zero-order valence-corrected chi connectivity index (χ0v) is 6.47. The van der Waals surface area contributed by atoms with Gasteiger partial charge in [0.05, 0.1) is 12.2 Å². The van der Waals surface area contributed by atoms with E-state index in [0.717, 1.165) is 0 Å². The number of ether oxygens (including phenoxy) is 1. The normalized spacial score (nSPS) is 23.5. The second-order valence-electron chi connectivity index (χ2n) is 2.17. The molecule has 1 heterocycles. The van der Waals surface area contributed by atoms with Gasteiger partial charge in [0.15, 0.2) is 5.78 Å². The fourth-order valence-electron chi connectivity index (χ4n) is 0.830.